The zero-order chi connectivity index (χ0) is 27.7. The number of methoxy groups -OCH3 is 1. The van der Waals surface area contributed by atoms with Crippen molar-refractivity contribution in [2.75, 3.05) is 20.2 Å². The largest absolute Gasteiger partial charge is 0.497 e. The van der Waals surface area contributed by atoms with Gasteiger partial charge in [0.05, 0.1) is 23.2 Å². The maximum Gasteiger partial charge on any atom is 0.275 e. The summed E-state index contributed by atoms with van der Waals surface area (Å²) in [6, 6.07) is 8.53. The number of nitrogens with zero attached hydrogens (tertiary/aromatic N) is 3. The minimum Gasteiger partial charge on any atom is -0.497 e. The molecule has 0 bridgehead atoms. The molecule has 202 valence electrons. The summed E-state index contributed by atoms with van der Waals surface area (Å²) in [4.78, 5) is 36.7. The van der Waals surface area contributed by atoms with Gasteiger partial charge in [0.2, 0.25) is 0 Å². The first-order chi connectivity index (χ1) is 18.2. The SMILES string of the molecule is C/C=C(\NCc1ccc(Cl)c(Cl)c1)NC(=O)C(=NC1CCN(C(=O)c2cc(OC)ccn2)CC1)C(C)=CN. The Kier molecular flexibility index (Phi) is 10.6. The lowest BCUT2D eigenvalue weighted by Crippen LogP contribution is -2.41. The molecule has 11 heteroatoms. The second-order valence-corrected chi connectivity index (χ2v) is 9.50. The highest BCUT2D eigenvalue weighted by atomic mass is 35.5. The molecular weight excluding hydrogens is 527 g/mol. The number of carbonyl (C=O) groups is 2. The van der Waals surface area contributed by atoms with Crippen molar-refractivity contribution in [1.82, 2.24) is 20.5 Å². The highest BCUT2D eigenvalue weighted by Gasteiger charge is 2.26. The third-order valence-corrected chi connectivity index (χ3v) is 6.83. The second kappa shape index (κ2) is 13.8. The molecule has 1 aliphatic heterocycles. The first kappa shape index (κ1) is 29.0. The van der Waals surface area contributed by atoms with E-state index in [1.165, 1.54) is 6.20 Å². The van der Waals surface area contributed by atoms with Crippen molar-refractivity contribution in [3.63, 3.8) is 0 Å². The van der Waals surface area contributed by atoms with Gasteiger partial charge in [0.15, 0.2) is 0 Å². The molecule has 2 aromatic rings. The topological polar surface area (TPSA) is 122 Å². The molecule has 0 radical (unpaired) electrons. The molecule has 3 rings (SSSR count). The van der Waals surface area contributed by atoms with E-state index in [1.807, 2.05) is 13.0 Å². The van der Waals surface area contributed by atoms with Gasteiger partial charge < -0.3 is 26.0 Å². The van der Waals surface area contributed by atoms with Gasteiger partial charge in [-0.2, -0.15) is 0 Å². The van der Waals surface area contributed by atoms with Crippen molar-refractivity contribution in [1.29, 1.82) is 0 Å². The molecule has 1 fully saturated rings. The van der Waals surface area contributed by atoms with Crippen LogP contribution < -0.4 is 21.1 Å². The monoisotopic (exact) mass is 558 g/mol. The number of carbonyl (C=O) groups excluding carboxylic acids is 2. The molecule has 2 amide bonds. The highest BCUT2D eigenvalue weighted by molar-refractivity contribution is 6.45. The van der Waals surface area contributed by atoms with Crippen molar-refractivity contribution in [3.05, 3.63) is 81.5 Å². The number of likely N-dealkylation sites (tertiary alicyclic amines) is 1. The normalized spacial score (nSPS) is 15.3. The number of rotatable bonds is 9. The van der Waals surface area contributed by atoms with Crippen LogP contribution in [0.1, 0.15) is 42.7 Å². The van der Waals surface area contributed by atoms with Gasteiger partial charge >= 0.3 is 0 Å². The summed E-state index contributed by atoms with van der Waals surface area (Å²) in [5.41, 5.74) is 7.79. The first-order valence-corrected chi connectivity index (χ1v) is 12.9. The molecule has 0 saturated carbocycles. The van der Waals surface area contributed by atoms with Crippen LogP contribution in [0.15, 0.2) is 65.2 Å². The van der Waals surface area contributed by atoms with Gasteiger partial charge in [0.1, 0.15) is 23.0 Å². The average Bonchev–Trinajstić information content (AvgIpc) is 2.95. The standard InChI is InChI=1S/C27H32Cl2N6O3/c1-4-24(32-16-18-5-6-21(28)22(29)13-18)34-26(36)25(17(2)15-30)33-19-8-11-35(12-9-19)27(37)23-14-20(38-3)7-10-31-23/h4-7,10,13-15,19,32H,8-9,11-12,16,30H2,1-3H3,(H,34,36)/b17-15?,24-4+,33-25?. The number of hydrogen-bond donors (Lipinski definition) is 3. The Morgan fingerprint density at radius 1 is 1.21 bits per heavy atom. The number of allylic oxidation sites excluding steroid dienone is 1. The molecule has 1 saturated heterocycles. The van der Waals surface area contributed by atoms with Crippen LogP contribution in [0, 0.1) is 0 Å². The van der Waals surface area contributed by atoms with Crippen LogP contribution in [0.2, 0.25) is 10.0 Å². The molecular formula is C27H32Cl2N6O3. The van der Waals surface area contributed by atoms with Crippen LogP contribution in [0.25, 0.3) is 0 Å². The van der Waals surface area contributed by atoms with Crippen molar-refractivity contribution < 1.29 is 14.3 Å². The smallest absolute Gasteiger partial charge is 0.275 e. The van der Waals surface area contributed by atoms with Crippen LogP contribution in [-0.2, 0) is 11.3 Å². The predicted molar refractivity (Wildman–Crippen MR) is 150 cm³/mol. The molecule has 9 nitrogen and oxygen atoms in total. The number of hydrogen-bond acceptors (Lipinski definition) is 7. The zero-order valence-corrected chi connectivity index (χ0v) is 23.1. The summed E-state index contributed by atoms with van der Waals surface area (Å²) in [5, 5.41) is 6.99. The van der Waals surface area contributed by atoms with Crippen molar-refractivity contribution in [2.45, 2.75) is 39.3 Å². The highest BCUT2D eigenvalue weighted by Crippen LogP contribution is 2.22. The van der Waals surface area contributed by atoms with E-state index in [0.29, 0.717) is 65.4 Å². The summed E-state index contributed by atoms with van der Waals surface area (Å²) < 4.78 is 5.19. The molecule has 0 aliphatic carbocycles. The van der Waals surface area contributed by atoms with E-state index in [-0.39, 0.29) is 23.6 Å². The number of nitrogens with one attached hydrogen (secondary N) is 2. The van der Waals surface area contributed by atoms with Crippen LogP contribution in [0.5, 0.6) is 5.75 Å². The van der Waals surface area contributed by atoms with E-state index in [4.69, 9.17) is 38.7 Å². The van der Waals surface area contributed by atoms with E-state index < -0.39 is 0 Å². The lowest BCUT2D eigenvalue weighted by molar-refractivity contribution is -0.114. The average molecular weight is 559 g/mol. The van der Waals surface area contributed by atoms with Crippen molar-refractivity contribution in [2.24, 2.45) is 10.7 Å². The minimum absolute atomic E-state index is 0.133. The number of benzene rings is 1. The lowest BCUT2D eigenvalue weighted by Gasteiger charge is -2.30. The van der Waals surface area contributed by atoms with Gasteiger partial charge in [-0.25, -0.2) is 0 Å². The first-order valence-electron chi connectivity index (χ1n) is 12.2. The fraction of sp³-hybridized carbons (Fsp3) is 0.333. The maximum atomic E-state index is 13.2. The van der Waals surface area contributed by atoms with Crippen molar-refractivity contribution in [3.8, 4) is 5.75 Å². The van der Waals surface area contributed by atoms with E-state index >= 15 is 0 Å². The quantitative estimate of drug-likeness (QED) is 0.399. The van der Waals surface area contributed by atoms with E-state index in [0.717, 1.165) is 5.56 Å². The van der Waals surface area contributed by atoms with Gasteiger partial charge in [0.25, 0.3) is 11.8 Å². The third-order valence-electron chi connectivity index (χ3n) is 6.09. The molecule has 2 heterocycles. The molecule has 4 N–H and O–H groups in total. The number of pyridine rings is 1. The van der Waals surface area contributed by atoms with Crippen LogP contribution >= 0.6 is 23.2 Å². The summed E-state index contributed by atoms with van der Waals surface area (Å²) in [6.07, 6.45) is 5.89. The number of halogens is 2. The van der Waals surface area contributed by atoms with Gasteiger partial charge in [-0.3, -0.25) is 19.6 Å². The van der Waals surface area contributed by atoms with Gasteiger partial charge in [-0.05, 0) is 68.3 Å². The Hall–Kier alpha value is -3.56. The Morgan fingerprint density at radius 2 is 1.95 bits per heavy atom. The Bertz CT molecular complexity index is 1250. The number of piperidine rings is 1. The predicted octanol–water partition coefficient (Wildman–Crippen LogP) is 4.07. The summed E-state index contributed by atoms with van der Waals surface area (Å²) in [5.74, 6) is 0.561. The van der Waals surface area contributed by atoms with Crippen LogP contribution in [-0.4, -0.2) is 53.7 Å². The minimum atomic E-state index is -0.377. The Balaban J connectivity index is 1.63. The van der Waals surface area contributed by atoms with Crippen molar-refractivity contribution >= 4 is 40.7 Å². The fourth-order valence-electron chi connectivity index (χ4n) is 3.86. The number of ether oxygens (including phenoxy) is 1. The van der Waals surface area contributed by atoms with Gasteiger partial charge in [-0.15, -0.1) is 0 Å². The number of amides is 2. The maximum absolute atomic E-state index is 13.2. The van der Waals surface area contributed by atoms with Gasteiger partial charge in [0, 0.05) is 31.9 Å². The molecule has 1 aromatic carbocycles. The molecule has 38 heavy (non-hydrogen) atoms. The van der Waals surface area contributed by atoms with Gasteiger partial charge in [-0.1, -0.05) is 29.3 Å². The van der Waals surface area contributed by atoms with Crippen LogP contribution in [0.3, 0.4) is 0 Å². The van der Waals surface area contributed by atoms with E-state index in [2.05, 4.69) is 15.6 Å². The number of nitrogens with two attached hydrogens (primary N) is 1. The summed E-state index contributed by atoms with van der Waals surface area (Å²) in [6.45, 7) is 4.98. The number of aliphatic imine (C=N–C) groups is 1. The lowest BCUT2D eigenvalue weighted by atomic mass is 10.0. The summed E-state index contributed by atoms with van der Waals surface area (Å²) in [7, 11) is 1.55. The molecule has 1 aromatic heterocycles. The molecule has 0 unspecified atom stereocenters. The molecule has 0 spiro atoms. The molecule has 0 atom stereocenters. The second-order valence-electron chi connectivity index (χ2n) is 8.69. The van der Waals surface area contributed by atoms with E-state index in [1.54, 1.807) is 55.5 Å². The summed E-state index contributed by atoms with van der Waals surface area (Å²) >= 11 is 12.1. The molecule has 1 aliphatic rings. The van der Waals surface area contributed by atoms with E-state index in [9.17, 15) is 9.59 Å². The Morgan fingerprint density at radius 3 is 2.58 bits per heavy atom. The zero-order valence-electron chi connectivity index (χ0n) is 21.6. The van der Waals surface area contributed by atoms with Crippen LogP contribution in [0.4, 0.5) is 0 Å². The number of aromatic nitrogens is 1. The fourth-order valence-corrected chi connectivity index (χ4v) is 4.18. The third kappa shape index (κ3) is 7.72. The Labute approximate surface area is 232 Å².